The Morgan fingerprint density at radius 2 is 0.491 bits per heavy atom. The summed E-state index contributed by atoms with van der Waals surface area (Å²) in [6.07, 6.45) is 99.8. The van der Waals surface area contributed by atoms with E-state index in [0.717, 1.165) is 193 Å². The van der Waals surface area contributed by atoms with E-state index in [4.69, 9.17) is 37.0 Å². The highest BCUT2D eigenvalue weighted by Gasteiger charge is 2.30. The van der Waals surface area contributed by atoms with Crippen molar-refractivity contribution in [2.45, 2.75) is 316 Å². The van der Waals surface area contributed by atoms with Crippen molar-refractivity contribution in [1.29, 1.82) is 0 Å². The molecular weight excluding hydrogens is 1430 g/mol. The molecule has 0 aliphatic carbocycles. The molecule has 0 heterocycles. The third-order valence-corrected chi connectivity index (χ3v) is 18.4. The lowest BCUT2D eigenvalue weighted by Crippen LogP contribution is -2.30. The summed E-state index contributed by atoms with van der Waals surface area (Å²) in [5.74, 6) is -2.35. The molecule has 19 heteroatoms. The van der Waals surface area contributed by atoms with Crippen LogP contribution in [0, 0.1) is 0 Å². The number of aliphatic hydroxyl groups is 1. The van der Waals surface area contributed by atoms with Crippen molar-refractivity contribution in [2.24, 2.45) is 0 Å². The third-order valence-electron chi connectivity index (χ3n) is 16.5. The Labute approximate surface area is 666 Å². The normalized spacial score (nSPS) is 14.8. The molecule has 0 amide bonds. The molecule has 5 atom stereocenters. The number of unbranched alkanes of at least 4 members (excludes halogenated alkanes) is 18. The van der Waals surface area contributed by atoms with Gasteiger partial charge in [-0.25, -0.2) is 9.13 Å². The van der Waals surface area contributed by atoms with Crippen molar-refractivity contribution < 1.29 is 80.2 Å². The molecule has 110 heavy (non-hydrogen) atoms. The van der Waals surface area contributed by atoms with Gasteiger partial charge in [0.1, 0.15) is 19.3 Å². The fourth-order valence-corrected chi connectivity index (χ4v) is 11.9. The molecule has 0 rings (SSSR count). The molecule has 0 bridgehead atoms. The van der Waals surface area contributed by atoms with Crippen LogP contribution in [0.25, 0.3) is 0 Å². The highest BCUT2D eigenvalue weighted by molar-refractivity contribution is 7.47. The summed E-state index contributed by atoms with van der Waals surface area (Å²) in [6.45, 7) is 4.35. The zero-order valence-electron chi connectivity index (χ0n) is 68.1. The minimum absolute atomic E-state index is 0.0246. The second-order valence-corrected chi connectivity index (χ2v) is 29.8. The summed E-state index contributed by atoms with van der Waals surface area (Å²) in [5.41, 5.74) is 0. The van der Waals surface area contributed by atoms with E-state index in [-0.39, 0.29) is 25.7 Å². The van der Waals surface area contributed by atoms with E-state index >= 15 is 0 Å². The van der Waals surface area contributed by atoms with Crippen LogP contribution in [0.2, 0.25) is 0 Å². The summed E-state index contributed by atoms with van der Waals surface area (Å²) in [5, 5.41) is 10.7. The minimum atomic E-state index is -5.01. The number of hydrogen-bond acceptors (Lipinski definition) is 15. The predicted molar refractivity (Wildman–Crippen MR) is 454 cm³/mol. The first-order valence-corrected chi connectivity index (χ1v) is 44.7. The second-order valence-electron chi connectivity index (χ2n) is 26.9. The summed E-state index contributed by atoms with van der Waals surface area (Å²) in [4.78, 5) is 73.2. The van der Waals surface area contributed by atoms with Crippen molar-refractivity contribution in [3.63, 3.8) is 0 Å². The lowest BCUT2D eigenvalue weighted by atomic mass is 10.1. The van der Waals surface area contributed by atoms with Gasteiger partial charge in [-0.05, 0) is 173 Å². The smallest absolute Gasteiger partial charge is 0.462 e. The molecular formula is C91H146O17P2. The highest BCUT2D eigenvalue weighted by atomic mass is 31.2. The topological polar surface area (TPSA) is 237 Å². The number of rotatable bonds is 76. The van der Waals surface area contributed by atoms with Crippen molar-refractivity contribution in [3.05, 3.63) is 194 Å². The molecule has 3 N–H and O–H groups in total. The van der Waals surface area contributed by atoms with Gasteiger partial charge in [-0.2, -0.15) is 0 Å². The predicted octanol–water partition coefficient (Wildman–Crippen LogP) is 24.9. The molecule has 0 radical (unpaired) electrons. The summed E-state index contributed by atoms with van der Waals surface area (Å²) < 4.78 is 68.6. The van der Waals surface area contributed by atoms with Crippen LogP contribution in [0.4, 0.5) is 0 Å². The van der Waals surface area contributed by atoms with E-state index in [2.05, 4.69) is 204 Å². The van der Waals surface area contributed by atoms with Gasteiger partial charge in [0, 0.05) is 25.7 Å². The van der Waals surface area contributed by atoms with Crippen LogP contribution in [0.3, 0.4) is 0 Å². The molecule has 0 aliphatic heterocycles. The minimum Gasteiger partial charge on any atom is -0.462 e. The number of phosphoric ester groups is 2. The largest absolute Gasteiger partial charge is 0.472 e. The monoisotopic (exact) mass is 1570 g/mol. The van der Waals surface area contributed by atoms with Gasteiger partial charge in [0.15, 0.2) is 12.2 Å². The molecule has 622 valence electrons. The second kappa shape index (κ2) is 80.9. The summed E-state index contributed by atoms with van der Waals surface area (Å²) in [7, 11) is -10.0. The molecule has 17 nitrogen and oxygen atoms in total. The Balaban J connectivity index is 5.51. The number of aliphatic hydroxyl groups excluding tert-OH is 1. The maximum atomic E-state index is 13.1. The van der Waals surface area contributed by atoms with Gasteiger partial charge < -0.3 is 33.8 Å². The first kappa shape index (κ1) is 104. The van der Waals surface area contributed by atoms with E-state index in [1.165, 1.54) is 19.3 Å². The fourth-order valence-electron chi connectivity index (χ4n) is 10.3. The van der Waals surface area contributed by atoms with Crippen LogP contribution in [-0.2, 0) is 65.4 Å². The van der Waals surface area contributed by atoms with Crippen molar-refractivity contribution in [1.82, 2.24) is 0 Å². The first-order valence-electron chi connectivity index (χ1n) is 41.7. The van der Waals surface area contributed by atoms with Gasteiger partial charge in [-0.15, -0.1) is 0 Å². The quantitative estimate of drug-likeness (QED) is 0.0169. The average molecular weight is 1570 g/mol. The molecule has 5 unspecified atom stereocenters. The zero-order chi connectivity index (χ0) is 80.3. The Bertz CT molecular complexity index is 2850. The van der Waals surface area contributed by atoms with Gasteiger partial charge in [0.25, 0.3) is 0 Å². The van der Waals surface area contributed by atoms with Crippen molar-refractivity contribution >= 4 is 39.5 Å². The number of phosphoric acid groups is 2. The number of hydrogen-bond donors (Lipinski definition) is 3. The molecule has 0 saturated heterocycles. The van der Waals surface area contributed by atoms with Gasteiger partial charge in [-0.3, -0.25) is 37.3 Å². The first-order chi connectivity index (χ1) is 53.7. The van der Waals surface area contributed by atoms with Crippen molar-refractivity contribution in [2.75, 3.05) is 39.6 Å². The molecule has 0 aromatic carbocycles. The van der Waals surface area contributed by atoms with Gasteiger partial charge >= 0.3 is 39.5 Å². The standard InChI is InChI=1S/C91H146O17P2/c1-5-9-13-17-21-25-29-33-37-40-42-45-49-52-56-60-64-68-72-76-89(94)102-82-87(108-91(96)78-74-70-66-62-58-54-50-46-43-41-38-34-30-26-22-18-14-10-6-2)84-106-110(99,100)104-80-85(92)79-103-109(97,98)105-83-86(107-90(95)77-73-69-65-61-57-53-47-36-32-28-24-20-16-12-8-4)81-101-88(93)75-71-67-63-59-55-51-48-44-39-35-31-27-23-19-15-11-7-3/h9-11,13-15,21-28,33-39,42-43,45-48,51-52,56,64,68,85-87,92H,5-8,12,16-20,29-32,40-41,44,49-50,53-55,57-63,65-67,69-84H2,1-4H3,(H,97,98)(H,99,100)/b13-9-,14-10-,15-11-,25-21-,26-22-,27-23-,28-24-,37-33-,38-34-,39-35-,45-42-,46-43-,47-36-,51-48-,56-52-,68-64-. The van der Waals surface area contributed by atoms with Crippen LogP contribution in [0.5, 0.6) is 0 Å². The third kappa shape index (κ3) is 80.0. The average Bonchev–Trinajstić information content (AvgIpc) is 0.900. The SMILES string of the molecule is CC/C=C\C/C=C\C/C=C\C/C=C\C/C=C\C/C=C\CCC(=O)OCC(COP(=O)(O)OCC(O)COP(=O)(O)OCC(COC(=O)CCCCCC/C=C\C/C=C\C/C=C\C/C=C\CC)OC(=O)CCCCCCC/C=C\C/C=C\CCCCC)OC(=O)CCCCCCCC/C=C\C/C=C\C/C=C\C/C=C\CC. The summed E-state index contributed by atoms with van der Waals surface area (Å²) >= 11 is 0. The fraction of sp³-hybridized carbons (Fsp3) is 0.604. The Morgan fingerprint density at radius 3 is 0.782 bits per heavy atom. The number of carbonyl (C=O) groups excluding carboxylic acids is 4. The van der Waals surface area contributed by atoms with Crippen LogP contribution in [0.1, 0.15) is 297 Å². The molecule has 0 aromatic heterocycles. The molecule has 0 saturated carbocycles. The van der Waals surface area contributed by atoms with E-state index in [1.807, 2.05) is 18.2 Å². The van der Waals surface area contributed by atoms with E-state index in [1.54, 1.807) is 0 Å². The lowest BCUT2D eigenvalue weighted by molar-refractivity contribution is -0.161. The van der Waals surface area contributed by atoms with Crippen molar-refractivity contribution in [3.8, 4) is 0 Å². The van der Waals surface area contributed by atoms with E-state index in [0.29, 0.717) is 32.1 Å². The van der Waals surface area contributed by atoms with Crippen LogP contribution in [0.15, 0.2) is 194 Å². The zero-order valence-corrected chi connectivity index (χ0v) is 69.9. The Hall–Kier alpha value is -6.10. The van der Waals surface area contributed by atoms with Gasteiger partial charge in [0.2, 0.25) is 0 Å². The number of ether oxygens (including phenoxy) is 4. The Morgan fingerprint density at radius 1 is 0.264 bits per heavy atom. The summed E-state index contributed by atoms with van der Waals surface area (Å²) in [6, 6.07) is 0. The molecule has 0 spiro atoms. The lowest BCUT2D eigenvalue weighted by Gasteiger charge is -2.21. The van der Waals surface area contributed by atoms with Crippen LogP contribution >= 0.6 is 15.6 Å². The molecule has 0 aromatic rings. The number of allylic oxidation sites excluding steroid dienone is 32. The van der Waals surface area contributed by atoms with Gasteiger partial charge in [-0.1, -0.05) is 293 Å². The van der Waals surface area contributed by atoms with E-state index < -0.39 is 97.5 Å². The van der Waals surface area contributed by atoms with Crippen LogP contribution in [-0.4, -0.2) is 96.7 Å². The Kier molecular flexibility index (Phi) is 76.4. The highest BCUT2D eigenvalue weighted by Crippen LogP contribution is 2.45. The number of carbonyl (C=O) groups is 4. The molecule has 0 fully saturated rings. The maximum Gasteiger partial charge on any atom is 0.472 e. The number of esters is 4. The van der Waals surface area contributed by atoms with Gasteiger partial charge in [0.05, 0.1) is 26.4 Å². The van der Waals surface area contributed by atoms with E-state index in [9.17, 15) is 43.2 Å². The molecule has 0 aliphatic rings. The maximum absolute atomic E-state index is 13.1. The van der Waals surface area contributed by atoms with Crippen LogP contribution < -0.4 is 0 Å².